The van der Waals surface area contributed by atoms with Gasteiger partial charge in [0.15, 0.2) is 34.3 Å². The molecule has 5 aromatic rings. The summed E-state index contributed by atoms with van der Waals surface area (Å²) in [6.07, 6.45) is 3.74. The van der Waals surface area contributed by atoms with E-state index in [0.29, 0.717) is 28.3 Å². The quantitative estimate of drug-likeness (QED) is 0.330. The molecular weight excluding hydrogens is 526 g/mol. The summed E-state index contributed by atoms with van der Waals surface area (Å²) in [5, 5.41) is 0.208. The molecule has 2 aromatic carbocycles. The Morgan fingerprint density at radius 2 is 1.86 bits per heavy atom. The molecule has 0 aliphatic heterocycles. The second-order valence-corrected chi connectivity index (χ2v) is 9.69. The summed E-state index contributed by atoms with van der Waals surface area (Å²) in [6.45, 7) is 0. The third-order valence-corrected chi connectivity index (χ3v) is 6.92. The van der Waals surface area contributed by atoms with Gasteiger partial charge in [0.1, 0.15) is 29.7 Å². The molecule has 11 nitrogen and oxygen atoms in total. The number of nitrogen functional groups attached to an aromatic ring is 1. The van der Waals surface area contributed by atoms with Crippen LogP contribution in [0.1, 0.15) is 0 Å². The van der Waals surface area contributed by atoms with Gasteiger partial charge in [-0.1, -0.05) is 11.6 Å². The fraction of sp³-hybridized carbons (Fsp3) is 0. The molecule has 0 amide bonds. The molecule has 178 valence electrons. The van der Waals surface area contributed by atoms with Gasteiger partial charge in [0.05, 0.1) is 5.69 Å². The molecule has 3 N–H and O–H groups in total. The number of benzene rings is 2. The smallest absolute Gasteiger partial charge is 0.266 e. The van der Waals surface area contributed by atoms with Gasteiger partial charge in [-0.2, -0.15) is 4.37 Å². The van der Waals surface area contributed by atoms with Crippen molar-refractivity contribution in [2.75, 3.05) is 10.5 Å². The Bertz CT molecular complexity index is 1680. The zero-order valence-electron chi connectivity index (χ0n) is 17.1. The predicted molar refractivity (Wildman–Crippen MR) is 123 cm³/mol. The maximum absolute atomic E-state index is 14.9. The van der Waals surface area contributed by atoms with E-state index in [1.165, 1.54) is 35.4 Å². The summed E-state index contributed by atoms with van der Waals surface area (Å²) in [5.41, 5.74) is 6.75. The number of ether oxygens (including phenoxy) is 1. The maximum Gasteiger partial charge on any atom is 0.266 e. The normalized spacial score (nSPS) is 11.6. The number of nitrogens with one attached hydrogen (secondary N) is 1. The van der Waals surface area contributed by atoms with E-state index in [-0.39, 0.29) is 22.4 Å². The fourth-order valence-corrected chi connectivity index (χ4v) is 4.99. The molecule has 16 heteroatoms. The molecule has 0 unspecified atom stereocenters. The third kappa shape index (κ3) is 4.31. The van der Waals surface area contributed by atoms with Crippen molar-refractivity contribution in [1.29, 1.82) is 0 Å². The number of hydrogen-bond acceptors (Lipinski definition) is 10. The Kier molecular flexibility index (Phi) is 5.66. The third-order valence-electron chi connectivity index (χ3n) is 4.62. The van der Waals surface area contributed by atoms with Crippen LogP contribution in [0.4, 0.5) is 19.7 Å². The molecule has 0 saturated carbocycles. The first-order valence-corrected chi connectivity index (χ1v) is 12.1. The molecular formula is C19H11ClF2N8O3S2. The SMILES string of the molecule is Nc1ncnc2c1ncn2-c1cc(Cl)ccc1Oc1cc(F)c(S(=O)(=O)Nc2ncns2)cc1F. The molecule has 0 atom stereocenters. The average molecular weight is 537 g/mol. The van der Waals surface area contributed by atoms with Crippen LogP contribution in [0.25, 0.3) is 16.9 Å². The molecule has 0 aliphatic rings. The summed E-state index contributed by atoms with van der Waals surface area (Å²) in [7, 11) is -4.47. The van der Waals surface area contributed by atoms with Crippen molar-refractivity contribution in [2.45, 2.75) is 4.90 Å². The molecule has 0 spiro atoms. The van der Waals surface area contributed by atoms with E-state index < -0.39 is 32.3 Å². The summed E-state index contributed by atoms with van der Waals surface area (Å²) in [6, 6.07) is 5.52. The van der Waals surface area contributed by atoms with Gasteiger partial charge in [-0.3, -0.25) is 9.29 Å². The number of hydrogen-bond donors (Lipinski definition) is 2. The van der Waals surface area contributed by atoms with Crippen molar-refractivity contribution >= 4 is 55.3 Å². The van der Waals surface area contributed by atoms with Crippen LogP contribution in [0.15, 0.2) is 54.2 Å². The second-order valence-electron chi connectivity index (χ2n) is 6.82. The number of nitrogens with two attached hydrogens (primary N) is 1. The van der Waals surface area contributed by atoms with E-state index >= 15 is 0 Å². The van der Waals surface area contributed by atoms with Crippen LogP contribution in [-0.2, 0) is 10.0 Å². The average Bonchev–Trinajstić information content (AvgIpc) is 3.47. The number of sulfonamides is 1. The zero-order valence-corrected chi connectivity index (χ0v) is 19.4. The molecule has 3 heterocycles. The van der Waals surface area contributed by atoms with E-state index in [0.717, 1.165) is 17.9 Å². The van der Waals surface area contributed by atoms with Gasteiger partial charge in [0.25, 0.3) is 10.0 Å². The molecule has 0 aliphatic carbocycles. The van der Waals surface area contributed by atoms with Gasteiger partial charge in [0, 0.05) is 28.7 Å². The van der Waals surface area contributed by atoms with Gasteiger partial charge in [0.2, 0.25) is 5.13 Å². The van der Waals surface area contributed by atoms with Gasteiger partial charge in [-0.25, -0.2) is 37.1 Å². The molecule has 35 heavy (non-hydrogen) atoms. The van der Waals surface area contributed by atoms with Crippen molar-refractivity contribution in [3.63, 3.8) is 0 Å². The first-order valence-electron chi connectivity index (χ1n) is 9.43. The molecule has 0 radical (unpaired) electrons. The van der Waals surface area contributed by atoms with E-state index in [1.54, 1.807) is 0 Å². The molecule has 3 aromatic heterocycles. The number of imidazole rings is 1. The van der Waals surface area contributed by atoms with Crippen LogP contribution in [0, 0.1) is 11.6 Å². The van der Waals surface area contributed by atoms with E-state index in [1.807, 2.05) is 4.72 Å². The number of rotatable bonds is 6. The molecule has 5 rings (SSSR count). The number of halogens is 3. The van der Waals surface area contributed by atoms with E-state index in [9.17, 15) is 17.2 Å². The number of fused-ring (bicyclic) bond motifs is 1. The minimum atomic E-state index is -4.47. The number of nitrogens with zero attached hydrogens (tertiary/aromatic N) is 6. The lowest BCUT2D eigenvalue weighted by molar-refractivity contribution is 0.430. The minimum absolute atomic E-state index is 0.0479. The highest BCUT2D eigenvalue weighted by Crippen LogP contribution is 2.35. The fourth-order valence-electron chi connectivity index (χ4n) is 3.10. The highest BCUT2D eigenvalue weighted by atomic mass is 35.5. The van der Waals surface area contributed by atoms with Crippen LogP contribution in [0.3, 0.4) is 0 Å². The van der Waals surface area contributed by atoms with Crippen LogP contribution in [0.2, 0.25) is 5.02 Å². The van der Waals surface area contributed by atoms with Crippen LogP contribution >= 0.6 is 23.1 Å². The Morgan fingerprint density at radius 1 is 1.03 bits per heavy atom. The Labute approximate surface area is 204 Å². The predicted octanol–water partition coefficient (Wildman–Crippen LogP) is 3.77. The molecule has 0 bridgehead atoms. The first-order chi connectivity index (χ1) is 16.7. The van der Waals surface area contributed by atoms with Crippen LogP contribution in [0.5, 0.6) is 11.5 Å². The topological polar surface area (TPSA) is 151 Å². The highest BCUT2D eigenvalue weighted by Gasteiger charge is 2.24. The largest absolute Gasteiger partial charge is 0.452 e. The number of aromatic nitrogens is 6. The Hall–Kier alpha value is -3.95. The zero-order chi connectivity index (χ0) is 24.7. The van der Waals surface area contributed by atoms with Crippen molar-refractivity contribution in [3.8, 4) is 17.2 Å². The Morgan fingerprint density at radius 3 is 2.63 bits per heavy atom. The van der Waals surface area contributed by atoms with E-state index in [4.69, 9.17) is 22.1 Å². The first kappa shape index (κ1) is 22.8. The lowest BCUT2D eigenvalue weighted by atomic mass is 10.2. The maximum atomic E-state index is 14.9. The van der Waals surface area contributed by atoms with E-state index in [2.05, 4.69) is 24.3 Å². The van der Waals surface area contributed by atoms with Crippen molar-refractivity contribution in [2.24, 2.45) is 0 Å². The van der Waals surface area contributed by atoms with Crippen molar-refractivity contribution in [1.82, 2.24) is 28.9 Å². The summed E-state index contributed by atoms with van der Waals surface area (Å²) < 4.78 is 67.4. The lowest BCUT2D eigenvalue weighted by Gasteiger charge is -2.14. The van der Waals surface area contributed by atoms with Gasteiger partial charge >= 0.3 is 0 Å². The Balaban J connectivity index is 1.54. The molecule has 0 fully saturated rings. The van der Waals surface area contributed by atoms with Crippen molar-refractivity contribution in [3.05, 3.63) is 66.0 Å². The monoisotopic (exact) mass is 536 g/mol. The van der Waals surface area contributed by atoms with Gasteiger partial charge in [-0.05, 0) is 18.2 Å². The lowest BCUT2D eigenvalue weighted by Crippen LogP contribution is -2.15. The summed E-state index contributed by atoms with van der Waals surface area (Å²) in [4.78, 5) is 14.9. The number of anilines is 2. The van der Waals surface area contributed by atoms with Crippen LogP contribution < -0.4 is 15.2 Å². The van der Waals surface area contributed by atoms with Crippen LogP contribution in [-0.4, -0.2) is 37.3 Å². The standard InChI is InChI=1S/C19H11ClF2N8O3S2/c20-9-1-2-13(12(3-9)30-8-27-16-17(23)24-6-25-18(16)30)33-14-4-11(22)15(5-10(14)21)35(31,32)29-19-26-7-28-34-19/h1-8H,(H2,23,24,25)(H,26,28,29). The van der Waals surface area contributed by atoms with Gasteiger partial charge in [-0.15, -0.1) is 0 Å². The van der Waals surface area contributed by atoms with Crippen molar-refractivity contribution < 1.29 is 21.9 Å². The highest BCUT2D eigenvalue weighted by molar-refractivity contribution is 7.93. The summed E-state index contributed by atoms with van der Waals surface area (Å²) in [5.74, 6) is -2.76. The minimum Gasteiger partial charge on any atom is -0.452 e. The van der Waals surface area contributed by atoms with Gasteiger partial charge < -0.3 is 10.5 Å². The molecule has 0 saturated heterocycles. The summed E-state index contributed by atoms with van der Waals surface area (Å²) >= 11 is 6.88. The second kappa shape index (κ2) is 8.68.